The average molecular weight is 249 g/mol. The molecule has 0 unspecified atom stereocenters. The third-order valence-corrected chi connectivity index (χ3v) is 2.71. The normalized spacial score (nSPS) is 10.1. The van der Waals surface area contributed by atoms with E-state index in [0.717, 1.165) is 24.9 Å². The largest absolute Gasteiger partial charge is 0.338 e. The molecule has 0 saturated heterocycles. The van der Waals surface area contributed by atoms with Crippen LogP contribution in [-0.4, -0.2) is 30.6 Å². The number of unbranched alkanes of at least 4 members (excludes halogenated alkanes) is 1. The van der Waals surface area contributed by atoms with Crippen molar-refractivity contribution in [3.63, 3.8) is 0 Å². The summed E-state index contributed by atoms with van der Waals surface area (Å²) in [6.07, 6.45) is 2.09. The molecule has 0 heterocycles. The van der Waals surface area contributed by atoms with Gasteiger partial charge in [-0.2, -0.15) is 0 Å². The molecule has 0 fully saturated rings. The lowest BCUT2D eigenvalue weighted by atomic mass is 10.2. The van der Waals surface area contributed by atoms with E-state index >= 15 is 0 Å². The Hall–Kier alpha value is -1.55. The van der Waals surface area contributed by atoms with E-state index in [9.17, 15) is 4.79 Å². The van der Waals surface area contributed by atoms with Crippen LogP contribution in [0.1, 0.15) is 25.3 Å². The summed E-state index contributed by atoms with van der Waals surface area (Å²) in [6.45, 7) is 4.50. The van der Waals surface area contributed by atoms with Gasteiger partial charge in [-0.25, -0.2) is 4.79 Å². The third-order valence-electron chi connectivity index (χ3n) is 2.71. The summed E-state index contributed by atoms with van der Waals surface area (Å²) in [7, 11) is 0. The molecule has 0 aliphatic heterocycles. The smallest absolute Gasteiger partial charge is 0.317 e. The van der Waals surface area contributed by atoms with Gasteiger partial charge in [0.1, 0.15) is 0 Å². The lowest BCUT2D eigenvalue weighted by molar-refractivity contribution is 0.196. The maximum Gasteiger partial charge on any atom is 0.317 e. The van der Waals surface area contributed by atoms with Gasteiger partial charge < -0.3 is 16.0 Å². The number of carbonyl (C=O) groups is 1. The van der Waals surface area contributed by atoms with E-state index in [-0.39, 0.29) is 6.03 Å². The van der Waals surface area contributed by atoms with Crippen LogP contribution in [-0.2, 0) is 6.54 Å². The Kier molecular flexibility index (Phi) is 6.87. The number of nitrogens with two attached hydrogens (primary N) is 1. The fourth-order valence-corrected chi connectivity index (χ4v) is 1.70. The first-order valence-electron chi connectivity index (χ1n) is 6.54. The van der Waals surface area contributed by atoms with Gasteiger partial charge in [-0.15, -0.1) is 0 Å². The second kappa shape index (κ2) is 8.53. The van der Waals surface area contributed by atoms with Crippen molar-refractivity contribution in [1.29, 1.82) is 0 Å². The molecule has 0 aliphatic rings. The van der Waals surface area contributed by atoms with Crippen molar-refractivity contribution in [3.8, 4) is 0 Å². The minimum absolute atomic E-state index is 0.0299. The molecule has 0 atom stereocenters. The summed E-state index contributed by atoms with van der Waals surface area (Å²) in [5, 5.41) is 2.92. The van der Waals surface area contributed by atoms with Crippen LogP contribution < -0.4 is 11.1 Å². The molecule has 4 heteroatoms. The number of nitrogens with one attached hydrogen (secondary N) is 1. The second-order valence-electron chi connectivity index (χ2n) is 4.28. The average Bonchev–Trinajstić information content (AvgIpc) is 2.39. The molecule has 4 nitrogen and oxygen atoms in total. The van der Waals surface area contributed by atoms with Gasteiger partial charge in [-0.05, 0) is 12.0 Å². The van der Waals surface area contributed by atoms with E-state index < -0.39 is 0 Å². The Morgan fingerprint density at radius 3 is 2.67 bits per heavy atom. The molecular weight excluding hydrogens is 226 g/mol. The predicted molar refractivity (Wildman–Crippen MR) is 74.2 cm³/mol. The molecule has 3 N–H and O–H groups in total. The zero-order valence-electron chi connectivity index (χ0n) is 11.1. The van der Waals surface area contributed by atoms with E-state index in [4.69, 9.17) is 5.73 Å². The van der Waals surface area contributed by atoms with Gasteiger partial charge in [0.25, 0.3) is 0 Å². The molecule has 0 radical (unpaired) electrons. The highest BCUT2D eigenvalue weighted by Gasteiger charge is 2.11. The minimum atomic E-state index is -0.0299. The summed E-state index contributed by atoms with van der Waals surface area (Å²) in [5.74, 6) is 0. The van der Waals surface area contributed by atoms with Crippen molar-refractivity contribution in [1.82, 2.24) is 10.2 Å². The van der Waals surface area contributed by atoms with Crippen LogP contribution in [0.3, 0.4) is 0 Å². The molecule has 0 bridgehead atoms. The van der Waals surface area contributed by atoms with Crippen molar-refractivity contribution < 1.29 is 4.79 Å². The van der Waals surface area contributed by atoms with Crippen LogP contribution in [0.5, 0.6) is 0 Å². The standard InChI is InChI=1S/C14H23N3O/c1-2-3-10-16-14(18)17(11-9-15)12-13-7-5-4-6-8-13/h4-8H,2-3,9-12,15H2,1H3,(H,16,18). The first-order chi connectivity index (χ1) is 8.77. The summed E-state index contributed by atoms with van der Waals surface area (Å²) in [6, 6.07) is 9.93. The Labute approximate surface area is 109 Å². The van der Waals surface area contributed by atoms with Gasteiger partial charge in [0, 0.05) is 26.2 Å². The highest BCUT2D eigenvalue weighted by molar-refractivity contribution is 5.74. The Morgan fingerprint density at radius 1 is 1.33 bits per heavy atom. The SMILES string of the molecule is CCCCNC(=O)N(CCN)Cc1ccccc1. The first kappa shape index (κ1) is 14.5. The predicted octanol–water partition coefficient (Wildman–Crippen LogP) is 1.96. The number of benzene rings is 1. The lowest BCUT2D eigenvalue weighted by Crippen LogP contribution is -2.42. The highest BCUT2D eigenvalue weighted by atomic mass is 16.2. The molecule has 1 aromatic carbocycles. The number of rotatable bonds is 7. The molecule has 0 spiro atoms. The molecule has 0 aromatic heterocycles. The zero-order valence-corrected chi connectivity index (χ0v) is 11.1. The number of amides is 2. The van der Waals surface area contributed by atoms with Crippen molar-refractivity contribution in [2.75, 3.05) is 19.6 Å². The van der Waals surface area contributed by atoms with Crippen LogP contribution in [0, 0.1) is 0 Å². The van der Waals surface area contributed by atoms with Crippen molar-refractivity contribution in [3.05, 3.63) is 35.9 Å². The second-order valence-corrected chi connectivity index (χ2v) is 4.28. The van der Waals surface area contributed by atoms with Gasteiger partial charge in [0.05, 0.1) is 0 Å². The molecule has 0 saturated carbocycles. The monoisotopic (exact) mass is 249 g/mol. The molecule has 1 aromatic rings. The van der Waals surface area contributed by atoms with E-state index in [1.165, 1.54) is 0 Å². The lowest BCUT2D eigenvalue weighted by Gasteiger charge is -2.22. The van der Waals surface area contributed by atoms with Gasteiger partial charge in [-0.3, -0.25) is 0 Å². The molecule has 0 aliphatic carbocycles. The van der Waals surface area contributed by atoms with Crippen molar-refractivity contribution in [2.45, 2.75) is 26.3 Å². The molecule has 2 amide bonds. The molecule has 1 rings (SSSR count). The van der Waals surface area contributed by atoms with Crippen LogP contribution in [0.25, 0.3) is 0 Å². The van der Waals surface area contributed by atoms with E-state index in [2.05, 4.69) is 12.2 Å². The van der Waals surface area contributed by atoms with E-state index in [1.807, 2.05) is 30.3 Å². The van der Waals surface area contributed by atoms with E-state index in [0.29, 0.717) is 19.6 Å². The van der Waals surface area contributed by atoms with E-state index in [1.54, 1.807) is 4.90 Å². The number of carbonyl (C=O) groups excluding carboxylic acids is 1. The summed E-state index contributed by atoms with van der Waals surface area (Å²) in [4.78, 5) is 13.7. The zero-order chi connectivity index (χ0) is 13.2. The van der Waals surface area contributed by atoms with Crippen LogP contribution in [0.15, 0.2) is 30.3 Å². The summed E-state index contributed by atoms with van der Waals surface area (Å²) < 4.78 is 0. The maximum absolute atomic E-state index is 12.0. The first-order valence-corrected chi connectivity index (χ1v) is 6.54. The Morgan fingerprint density at radius 2 is 2.06 bits per heavy atom. The van der Waals surface area contributed by atoms with Gasteiger partial charge in [-0.1, -0.05) is 43.7 Å². The summed E-state index contributed by atoms with van der Waals surface area (Å²) in [5.41, 5.74) is 6.68. The van der Waals surface area contributed by atoms with Gasteiger partial charge in [0.15, 0.2) is 0 Å². The molecular formula is C14H23N3O. The molecule has 18 heavy (non-hydrogen) atoms. The fraction of sp³-hybridized carbons (Fsp3) is 0.500. The highest BCUT2D eigenvalue weighted by Crippen LogP contribution is 2.04. The number of urea groups is 1. The van der Waals surface area contributed by atoms with Crippen LogP contribution in [0.4, 0.5) is 4.79 Å². The number of nitrogens with zero attached hydrogens (tertiary/aromatic N) is 1. The quantitative estimate of drug-likeness (QED) is 0.726. The summed E-state index contributed by atoms with van der Waals surface area (Å²) >= 11 is 0. The molecule has 100 valence electrons. The van der Waals surface area contributed by atoms with Gasteiger partial charge >= 0.3 is 6.03 Å². The number of hydrogen-bond donors (Lipinski definition) is 2. The fourth-order valence-electron chi connectivity index (χ4n) is 1.70. The third kappa shape index (κ3) is 5.19. The Balaban J connectivity index is 2.50. The van der Waals surface area contributed by atoms with Gasteiger partial charge in [0.2, 0.25) is 0 Å². The minimum Gasteiger partial charge on any atom is -0.338 e. The van der Waals surface area contributed by atoms with Crippen molar-refractivity contribution >= 4 is 6.03 Å². The van der Waals surface area contributed by atoms with Crippen molar-refractivity contribution in [2.24, 2.45) is 5.73 Å². The maximum atomic E-state index is 12.0. The van der Waals surface area contributed by atoms with Crippen LogP contribution in [0.2, 0.25) is 0 Å². The van der Waals surface area contributed by atoms with Crippen LogP contribution >= 0.6 is 0 Å². The Bertz CT molecular complexity index is 340. The topological polar surface area (TPSA) is 58.4 Å². The number of hydrogen-bond acceptors (Lipinski definition) is 2.